The van der Waals surface area contributed by atoms with Gasteiger partial charge in [-0.05, 0) is 58.9 Å². The Labute approximate surface area is 121 Å². The third-order valence-corrected chi connectivity index (χ3v) is 3.54. The standard InChI is InChI=1S/C18H22O2/c1-12-10-13(6-9-17(12)19)15-11-14(20-5)7-8-16(15)18(2,3)4/h6-11,19H,1-5H3. The molecule has 2 heteroatoms. The summed E-state index contributed by atoms with van der Waals surface area (Å²) in [6.45, 7) is 8.51. The van der Waals surface area contributed by atoms with Gasteiger partial charge in [0.1, 0.15) is 11.5 Å². The summed E-state index contributed by atoms with van der Waals surface area (Å²) in [5.74, 6) is 1.17. The molecule has 0 radical (unpaired) electrons. The summed E-state index contributed by atoms with van der Waals surface area (Å²) in [5.41, 5.74) is 4.45. The molecule has 0 aliphatic heterocycles. The molecule has 0 bridgehead atoms. The Balaban J connectivity index is 2.66. The fraction of sp³-hybridized carbons (Fsp3) is 0.333. The van der Waals surface area contributed by atoms with Gasteiger partial charge in [0.05, 0.1) is 7.11 Å². The van der Waals surface area contributed by atoms with Crippen molar-refractivity contribution in [2.75, 3.05) is 7.11 Å². The van der Waals surface area contributed by atoms with E-state index < -0.39 is 0 Å². The number of benzene rings is 2. The van der Waals surface area contributed by atoms with Crippen LogP contribution in [0.15, 0.2) is 36.4 Å². The normalized spacial score (nSPS) is 11.4. The lowest BCUT2D eigenvalue weighted by molar-refractivity contribution is 0.414. The van der Waals surface area contributed by atoms with E-state index in [1.807, 2.05) is 25.1 Å². The maximum absolute atomic E-state index is 9.70. The SMILES string of the molecule is COc1ccc(C(C)(C)C)c(-c2ccc(O)c(C)c2)c1. The van der Waals surface area contributed by atoms with Gasteiger partial charge in [-0.3, -0.25) is 0 Å². The molecule has 0 saturated carbocycles. The topological polar surface area (TPSA) is 29.5 Å². The summed E-state index contributed by atoms with van der Waals surface area (Å²) < 4.78 is 5.35. The minimum absolute atomic E-state index is 0.0490. The largest absolute Gasteiger partial charge is 0.508 e. The fourth-order valence-electron chi connectivity index (χ4n) is 2.37. The van der Waals surface area contributed by atoms with Crippen LogP contribution in [0.2, 0.25) is 0 Å². The Kier molecular flexibility index (Phi) is 3.76. The first-order valence-corrected chi connectivity index (χ1v) is 6.81. The number of phenolic OH excluding ortho intramolecular Hbond substituents is 1. The lowest BCUT2D eigenvalue weighted by Crippen LogP contribution is -2.12. The van der Waals surface area contributed by atoms with Gasteiger partial charge in [0.15, 0.2) is 0 Å². The second kappa shape index (κ2) is 5.20. The second-order valence-electron chi connectivity index (χ2n) is 6.16. The number of ether oxygens (including phenoxy) is 1. The molecule has 0 aromatic heterocycles. The van der Waals surface area contributed by atoms with E-state index in [-0.39, 0.29) is 5.41 Å². The van der Waals surface area contributed by atoms with Gasteiger partial charge in [-0.25, -0.2) is 0 Å². The van der Waals surface area contributed by atoms with E-state index in [2.05, 4.69) is 32.9 Å². The minimum atomic E-state index is 0.0490. The molecule has 2 nitrogen and oxygen atoms in total. The van der Waals surface area contributed by atoms with Crippen LogP contribution in [0.1, 0.15) is 31.9 Å². The summed E-state index contributed by atoms with van der Waals surface area (Å²) in [6, 6.07) is 11.9. The monoisotopic (exact) mass is 270 g/mol. The predicted octanol–water partition coefficient (Wildman–Crippen LogP) is 4.67. The number of methoxy groups -OCH3 is 1. The zero-order valence-electron chi connectivity index (χ0n) is 12.8. The van der Waals surface area contributed by atoms with Crippen molar-refractivity contribution in [2.24, 2.45) is 0 Å². The van der Waals surface area contributed by atoms with Crippen LogP contribution >= 0.6 is 0 Å². The molecule has 2 aromatic carbocycles. The first-order chi connectivity index (χ1) is 9.32. The predicted molar refractivity (Wildman–Crippen MR) is 83.5 cm³/mol. The lowest BCUT2D eigenvalue weighted by Gasteiger charge is -2.24. The lowest BCUT2D eigenvalue weighted by atomic mass is 9.81. The third-order valence-electron chi connectivity index (χ3n) is 3.54. The smallest absolute Gasteiger partial charge is 0.119 e. The van der Waals surface area contributed by atoms with Gasteiger partial charge in [0.2, 0.25) is 0 Å². The van der Waals surface area contributed by atoms with Crippen molar-refractivity contribution in [1.29, 1.82) is 0 Å². The number of aryl methyl sites for hydroxylation is 1. The first kappa shape index (κ1) is 14.4. The van der Waals surface area contributed by atoms with Gasteiger partial charge < -0.3 is 9.84 Å². The summed E-state index contributed by atoms with van der Waals surface area (Å²) in [6.07, 6.45) is 0. The number of aromatic hydroxyl groups is 1. The van der Waals surface area contributed by atoms with Crippen molar-refractivity contribution in [2.45, 2.75) is 33.1 Å². The molecule has 0 spiro atoms. The fourth-order valence-corrected chi connectivity index (χ4v) is 2.37. The Morgan fingerprint density at radius 2 is 1.70 bits per heavy atom. The molecule has 0 heterocycles. The first-order valence-electron chi connectivity index (χ1n) is 6.81. The Bertz CT molecular complexity index is 622. The van der Waals surface area contributed by atoms with E-state index in [9.17, 15) is 5.11 Å². The highest BCUT2D eigenvalue weighted by Crippen LogP contribution is 2.36. The molecule has 2 aromatic rings. The third kappa shape index (κ3) is 2.79. The van der Waals surface area contributed by atoms with Crippen molar-refractivity contribution in [3.63, 3.8) is 0 Å². The van der Waals surface area contributed by atoms with Gasteiger partial charge in [0, 0.05) is 0 Å². The van der Waals surface area contributed by atoms with Gasteiger partial charge in [-0.1, -0.05) is 32.9 Å². The molecule has 0 unspecified atom stereocenters. The van der Waals surface area contributed by atoms with Crippen LogP contribution in [-0.4, -0.2) is 12.2 Å². The molecule has 2 rings (SSSR count). The van der Waals surface area contributed by atoms with Crippen molar-refractivity contribution in [3.05, 3.63) is 47.5 Å². The highest BCUT2D eigenvalue weighted by atomic mass is 16.5. The van der Waals surface area contributed by atoms with Crippen LogP contribution in [0.25, 0.3) is 11.1 Å². The molecule has 0 aliphatic carbocycles. The Hall–Kier alpha value is -1.96. The van der Waals surface area contributed by atoms with Crippen molar-refractivity contribution < 1.29 is 9.84 Å². The van der Waals surface area contributed by atoms with E-state index in [1.54, 1.807) is 13.2 Å². The maximum atomic E-state index is 9.70. The minimum Gasteiger partial charge on any atom is -0.508 e. The molecule has 0 amide bonds. The molecule has 20 heavy (non-hydrogen) atoms. The maximum Gasteiger partial charge on any atom is 0.119 e. The number of rotatable bonds is 2. The molecule has 1 N–H and O–H groups in total. The van der Waals surface area contributed by atoms with Crippen molar-refractivity contribution in [3.8, 4) is 22.6 Å². The molecule has 0 saturated heterocycles. The van der Waals surface area contributed by atoms with E-state index in [4.69, 9.17) is 4.74 Å². The van der Waals surface area contributed by atoms with Crippen LogP contribution in [0.4, 0.5) is 0 Å². The summed E-state index contributed by atoms with van der Waals surface area (Å²) in [4.78, 5) is 0. The van der Waals surface area contributed by atoms with Gasteiger partial charge in [-0.15, -0.1) is 0 Å². The van der Waals surface area contributed by atoms with Crippen LogP contribution in [-0.2, 0) is 5.41 Å². The molecular weight excluding hydrogens is 248 g/mol. The number of phenols is 1. The van der Waals surface area contributed by atoms with Crippen LogP contribution in [0, 0.1) is 6.92 Å². The Morgan fingerprint density at radius 3 is 2.25 bits per heavy atom. The van der Waals surface area contributed by atoms with E-state index in [0.717, 1.165) is 22.4 Å². The summed E-state index contributed by atoms with van der Waals surface area (Å²) in [7, 11) is 1.68. The van der Waals surface area contributed by atoms with Crippen LogP contribution in [0.3, 0.4) is 0 Å². The molecule has 0 atom stereocenters. The average Bonchev–Trinajstić information content (AvgIpc) is 2.40. The quantitative estimate of drug-likeness (QED) is 0.859. The van der Waals surface area contributed by atoms with Crippen molar-refractivity contribution in [1.82, 2.24) is 0 Å². The Morgan fingerprint density at radius 1 is 1.00 bits per heavy atom. The highest BCUT2D eigenvalue weighted by molar-refractivity contribution is 5.71. The van der Waals surface area contributed by atoms with Crippen LogP contribution < -0.4 is 4.74 Å². The molecule has 0 fully saturated rings. The zero-order valence-corrected chi connectivity index (χ0v) is 12.8. The summed E-state index contributed by atoms with van der Waals surface area (Å²) in [5, 5.41) is 9.70. The van der Waals surface area contributed by atoms with Gasteiger partial charge in [-0.2, -0.15) is 0 Å². The average molecular weight is 270 g/mol. The van der Waals surface area contributed by atoms with E-state index in [1.165, 1.54) is 5.56 Å². The van der Waals surface area contributed by atoms with Crippen molar-refractivity contribution >= 4 is 0 Å². The van der Waals surface area contributed by atoms with Crippen LogP contribution in [0.5, 0.6) is 11.5 Å². The number of hydrogen-bond donors (Lipinski definition) is 1. The summed E-state index contributed by atoms with van der Waals surface area (Å²) >= 11 is 0. The molecular formula is C18H22O2. The number of hydrogen-bond acceptors (Lipinski definition) is 2. The van der Waals surface area contributed by atoms with Gasteiger partial charge >= 0.3 is 0 Å². The molecule has 106 valence electrons. The highest BCUT2D eigenvalue weighted by Gasteiger charge is 2.19. The second-order valence-corrected chi connectivity index (χ2v) is 6.16. The molecule has 0 aliphatic rings. The van der Waals surface area contributed by atoms with E-state index >= 15 is 0 Å². The van der Waals surface area contributed by atoms with E-state index in [0.29, 0.717) is 5.75 Å². The van der Waals surface area contributed by atoms with Gasteiger partial charge in [0.25, 0.3) is 0 Å². The zero-order chi connectivity index (χ0) is 14.9.